The van der Waals surface area contributed by atoms with Crippen molar-refractivity contribution in [1.82, 2.24) is 0 Å². The monoisotopic (exact) mass is 480 g/mol. The van der Waals surface area contributed by atoms with Gasteiger partial charge in [-0.3, -0.25) is 4.79 Å². The highest BCUT2D eigenvalue weighted by Crippen LogP contribution is 2.13. The standard InChI is InChI=1S/C18H36O2.C7H16O6/c1-2-3-4-5-6-7-8-9-10-11-12-13-14-15-16-17-18(19)20;1-3(9)5(11)7(13)6(12)4(10)2-8/h2-17H2,1H3,(H,19,20);3-13H,2H2,1H3. The Morgan fingerprint density at radius 3 is 1.27 bits per heavy atom. The van der Waals surface area contributed by atoms with Gasteiger partial charge in [0.1, 0.15) is 24.4 Å². The minimum atomic E-state index is -1.69. The SMILES string of the molecule is CC(O)C(O)C(O)C(O)C(O)CO.CCCCCCCCCCCCCCCCCC(=O)O. The number of unbranched alkanes of at least 4 members (excludes halogenated alkanes) is 14. The van der Waals surface area contributed by atoms with Crippen LogP contribution in [0.25, 0.3) is 0 Å². The van der Waals surface area contributed by atoms with Gasteiger partial charge in [0.15, 0.2) is 0 Å². The molecule has 0 saturated heterocycles. The first-order chi connectivity index (χ1) is 15.7. The first kappa shape index (κ1) is 34.4. The van der Waals surface area contributed by atoms with Crippen LogP contribution in [-0.2, 0) is 4.79 Å². The number of aliphatic hydroxyl groups is 6. The van der Waals surface area contributed by atoms with Crippen molar-refractivity contribution in [2.24, 2.45) is 0 Å². The molecule has 0 aromatic rings. The summed E-state index contributed by atoms with van der Waals surface area (Å²) in [6.45, 7) is 2.77. The van der Waals surface area contributed by atoms with Gasteiger partial charge in [-0.2, -0.15) is 0 Å². The normalized spacial score (nSPS) is 15.8. The number of carboxylic acids is 1. The van der Waals surface area contributed by atoms with E-state index in [-0.39, 0.29) is 0 Å². The summed E-state index contributed by atoms with van der Waals surface area (Å²) in [6, 6.07) is 0. The molecule has 0 aliphatic rings. The van der Waals surface area contributed by atoms with Gasteiger partial charge in [-0.15, -0.1) is 0 Å². The van der Waals surface area contributed by atoms with Crippen LogP contribution in [0.4, 0.5) is 0 Å². The molecule has 0 fully saturated rings. The Morgan fingerprint density at radius 2 is 0.970 bits per heavy atom. The van der Waals surface area contributed by atoms with Gasteiger partial charge in [-0.05, 0) is 13.3 Å². The van der Waals surface area contributed by atoms with Gasteiger partial charge < -0.3 is 35.7 Å². The maximum absolute atomic E-state index is 10.3. The number of rotatable bonds is 21. The molecular weight excluding hydrogens is 428 g/mol. The summed E-state index contributed by atoms with van der Waals surface area (Å²) in [5.74, 6) is -0.653. The fourth-order valence-electron chi connectivity index (χ4n) is 3.47. The first-order valence-electron chi connectivity index (χ1n) is 12.9. The highest BCUT2D eigenvalue weighted by atomic mass is 16.4. The lowest BCUT2D eigenvalue weighted by Crippen LogP contribution is -2.49. The van der Waals surface area contributed by atoms with Crippen LogP contribution in [0, 0.1) is 0 Å². The first-order valence-corrected chi connectivity index (χ1v) is 12.9. The molecule has 0 heterocycles. The van der Waals surface area contributed by atoms with E-state index < -0.39 is 43.1 Å². The minimum Gasteiger partial charge on any atom is -0.481 e. The van der Waals surface area contributed by atoms with E-state index in [2.05, 4.69) is 6.92 Å². The van der Waals surface area contributed by atoms with Crippen LogP contribution in [0.5, 0.6) is 0 Å². The second-order valence-electron chi connectivity index (χ2n) is 9.06. The van der Waals surface area contributed by atoms with Crippen LogP contribution in [-0.4, -0.2) is 78.8 Å². The zero-order valence-electron chi connectivity index (χ0n) is 20.9. The Balaban J connectivity index is 0. The topological polar surface area (TPSA) is 159 Å². The van der Waals surface area contributed by atoms with Crippen molar-refractivity contribution in [2.75, 3.05) is 6.61 Å². The maximum Gasteiger partial charge on any atom is 0.303 e. The molecule has 0 rings (SSSR count). The Hall–Kier alpha value is -0.770. The third-order valence-corrected chi connectivity index (χ3v) is 5.77. The lowest BCUT2D eigenvalue weighted by atomic mass is 10.0. The molecule has 0 aliphatic carbocycles. The third kappa shape index (κ3) is 22.8. The average Bonchev–Trinajstić information content (AvgIpc) is 2.79. The summed E-state index contributed by atoms with van der Waals surface area (Å²) in [4.78, 5) is 10.3. The van der Waals surface area contributed by atoms with Crippen LogP contribution in [0.2, 0.25) is 0 Å². The molecule has 0 radical (unpaired) electrons. The van der Waals surface area contributed by atoms with Crippen molar-refractivity contribution in [3.8, 4) is 0 Å². The summed E-state index contributed by atoms with van der Waals surface area (Å²) in [6.07, 6.45) is 12.5. The number of carboxylic acid groups (broad SMARTS) is 1. The predicted octanol–water partition coefficient (Wildman–Crippen LogP) is 3.14. The molecule has 200 valence electrons. The number of hydrogen-bond acceptors (Lipinski definition) is 7. The molecule has 5 unspecified atom stereocenters. The second-order valence-corrected chi connectivity index (χ2v) is 9.06. The number of aliphatic carboxylic acids is 1. The zero-order chi connectivity index (χ0) is 25.5. The molecule has 0 saturated carbocycles. The van der Waals surface area contributed by atoms with E-state index in [1.165, 1.54) is 90.4 Å². The average molecular weight is 481 g/mol. The fourth-order valence-corrected chi connectivity index (χ4v) is 3.47. The van der Waals surface area contributed by atoms with E-state index in [1.54, 1.807) is 0 Å². The Labute approximate surface area is 200 Å². The Morgan fingerprint density at radius 1 is 0.606 bits per heavy atom. The van der Waals surface area contributed by atoms with Crippen LogP contribution in [0.3, 0.4) is 0 Å². The molecule has 8 heteroatoms. The van der Waals surface area contributed by atoms with Crippen molar-refractivity contribution >= 4 is 5.97 Å². The third-order valence-electron chi connectivity index (χ3n) is 5.77. The van der Waals surface area contributed by atoms with Crippen LogP contribution in [0.15, 0.2) is 0 Å². The zero-order valence-corrected chi connectivity index (χ0v) is 20.9. The van der Waals surface area contributed by atoms with E-state index >= 15 is 0 Å². The number of carbonyl (C=O) groups is 1. The molecule has 5 atom stereocenters. The highest BCUT2D eigenvalue weighted by Gasteiger charge is 2.32. The molecule has 0 aromatic heterocycles. The summed E-state index contributed by atoms with van der Waals surface area (Å²) < 4.78 is 0. The van der Waals surface area contributed by atoms with E-state index in [0.29, 0.717) is 6.42 Å². The summed E-state index contributed by atoms with van der Waals surface area (Å²) in [5.41, 5.74) is 0. The van der Waals surface area contributed by atoms with Crippen molar-refractivity contribution in [2.45, 2.75) is 147 Å². The van der Waals surface area contributed by atoms with Gasteiger partial charge in [0, 0.05) is 6.42 Å². The van der Waals surface area contributed by atoms with Crippen LogP contribution < -0.4 is 0 Å². The van der Waals surface area contributed by atoms with E-state index in [0.717, 1.165) is 12.8 Å². The lowest BCUT2D eigenvalue weighted by Gasteiger charge is -2.26. The molecule has 0 spiro atoms. The van der Waals surface area contributed by atoms with Gasteiger partial charge >= 0.3 is 5.97 Å². The van der Waals surface area contributed by atoms with Crippen LogP contribution >= 0.6 is 0 Å². The molecular formula is C25H52O8. The Kier molecular flexibility index (Phi) is 25.4. The Bertz CT molecular complexity index is 419. The summed E-state index contributed by atoms with van der Waals surface area (Å²) >= 11 is 0. The predicted molar refractivity (Wildman–Crippen MR) is 130 cm³/mol. The molecule has 0 aliphatic heterocycles. The molecule has 0 aromatic carbocycles. The number of aliphatic hydroxyl groups excluding tert-OH is 6. The van der Waals surface area contributed by atoms with Crippen molar-refractivity contribution in [3.05, 3.63) is 0 Å². The van der Waals surface area contributed by atoms with E-state index in [4.69, 9.17) is 35.7 Å². The maximum atomic E-state index is 10.3. The smallest absolute Gasteiger partial charge is 0.303 e. The van der Waals surface area contributed by atoms with Gasteiger partial charge in [-0.25, -0.2) is 0 Å². The molecule has 7 N–H and O–H groups in total. The quantitative estimate of drug-likeness (QED) is 0.123. The minimum absolute atomic E-state index is 0.345. The molecule has 0 bridgehead atoms. The van der Waals surface area contributed by atoms with Crippen molar-refractivity contribution < 1.29 is 40.5 Å². The van der Waals surface area contributed by atoms with Crippen molar-refractivity contribution in [3.63, 3.8) is 0 Å². The lowest BCUT2D eigenvalue weighted by molar-refractivity contribution is -0.137. The van der Waals surface area contributed by atoms with Gasteiger partial charge in [-0.1, -0.05) is 96.8 Å². The molecule has 8 nitrogen and oxygen atoms in total. The number of hydrogen-bond donors (Lipinski definition) is 7. The van der Waals surface area contributed by atoms with E-state index in [9.17, 15) is 4.79 Å². The summed E-state index contributed by atoms with van der Waals surface area (Å²) in [5, 5.41) is 61.9. The highest BCUT2D eigenvalue weighted by molar-refractivity contribution is 5.66. The van der Waals surface area contributed by atoms with E-state index in [1.807, 2.05) is 0 Å². The van der Waals surface area contributed by atoms with Gasteiger partial charge in [0.2, 0.25) is 0 Å². The second kappa shape index (κ2) is 24.4. The molecule has 0 amide bonds. The van der Waals surface area contributed by atoms with Crippen molar-refractivity contribution in [1.29, 1.82) is 0 Å². The summed E-state index contributed by atoms with van der Waals surface area (Å²) in [7, 11) is 0. The molecule has 33 heavy (non-hydrogen) atoms. The van der Waals surface area contributed by atoms with Gasteiger partial charge in [0.05, 0.1) is 12.7 Å². The fraction of sp³-hybridized carbons (Fsp3) is 0.960. The largest absolute Gasteiger partial charge is 0.481 e. The van der Waals surface area contributed by atoms with Gasteiger partial charge in [0.25, 0.3) is 0 Å². The van der Waals surface area contributed by atoms with Crippen LogP contribution in [0.1, 0.15) is 117 Å².